The highest BCUT2D eigenvalue weighted by Crippen LogP contribution is 2.25. The van der Waals surface area contributed by atoms with Crippen LogP contribution in [0.1, 0.15) is 11.1 Å². The van der Waals surface area contributed by atoms with Gasteiger partial charge in [-0.2, -0.15) is 0 Å². The summed E-state index contributed by atoms with van der Waals surface area (Å²) in [4.78, 5) is 8.01. The van der Waals surface area contributed by atoms with E-state index in [0.717, 1.165) is 5.69 Å². The van der Waals surface area contributed by atoms with Crippen molar-refractivity contribution >= 4 is 23.0 Å². The fourth-order valence-electron chi connectivity index (χ4n) is 1.57. The Balaban J connectivity index is 2.31. The van der Waals surface area contributed by atoms with Crippen LogP contribution in [0.25, 0.3) is 0 Å². The Morgan fingerprint density at radius 2 is 1.78 bits per heavy atom. The van der Waals surface area contributed by atoms with E-state index in [1.807, 2.05) is 18.2 Å². The second-order valence-corrected chi connectivity index (χ2v) is 4.05. The molecule has 0 radical (unpaired) electrons. The van der Waals surface area contributed by atoms with Gasteiger partial charge in [0.15, 0.2) is 11.6 Å². The molecule has 0 amide bonds. The van der Waals surface area contributed by atoms with Crippen molar-refractivity contribution in [2.45, 2.75) is 13.8 Å². The number of nitrogens with one attached hydrogen (secondary N) is 2. The van der Waals surface area contributed by atoms with E-state index in [4.69, 9.17) is 11.6 Å². The molecular weight excluding hydrogens is 228 g/mol. The molecule has 6 heteroatoms. The molecule has 18 heavy (non-hydrogen) atoms. The molecule has 0 saturated heterocycles. The summed E-state index contributed by atoms with van der Waals surface area (Å²) in [5.74, 6) is 6.24. The smallest absolute Gasteiger partial charge is 0.168 e. The monoisotopic (exact) mass is 244 g/mol. The molecule has 0 aliphatic heterocycles. The van der Waals surface area contributed by atoms with Gasteiger partial charge in [-0.3, -0.25) is 0 Å². The van der Waals surface area contributed by atoms with Gasteiger partial charge in [-0.15, -0.1) is 0 Å². The van der Waals surface area contributed by atoms with Gasteiger partial charge in [0, 0.05) is 5.69 Å². The molecule has 6 nitrogen and oxygen atoms in total. The van der Waals surface area contributed by atoms with Gasteiger partial charge in [0.25, 0.3) is 0 Å². The predicted molar refractivity (Wildman–Crippen MR) is 73.5 cm³/mol. The number of hydrogen-bond acceptors (Lipinski definition) is 6. The first-order valence-electron chi connectivity index (χ1n) is 5.53. The van der Waals surface area contributed by atoms with Crippen molar-refractivity contribution in [1.29, 1.82) is 0 Å². The average molecular weight is 244 g/mol. The molecule has 0 atom stereocenters. The molecule has 1 aromatic heterocycles. The standard InChI is InChI=1S/C12H16N6/c1-7-3-4-9(5-8(7)2)17-11-10(13)12(18-14)16-6-15-11/h3-6H,13-14H2,1-2H3,(H2,15,16,17,18). The highest BCUT2D eigenvalue weighted by molar-refractivity contribution is 5.77. The highest BCUT2D eigenvalue weighted by Gasteiger charge is 2.07. The van der Waals surface area contributed by atoms with Crippen LogP contribution in [-0.4, -0.2) is 9.97 Å². The van der Waals surface area contributed by atoms with E-state index >= 15 is 0 Å². The van der Waals surface area contributed by atoms with Crippen LogP contribution in [0.4, 0.5) is 23.0 Å². The lowest BCUT2D eigenvalue weighted by atomic mass is 10.1. The summed E-state index contributed by atoms with van der Waals surface area (Å²) in [6.07, 6.45) is 1.40. The normalized spacial score (nSPS) is 10.2. The van der Waals surface area contributed by atoms with E-state index < -0.39 is 0 Å². The van der Waals surface area contributed by atoms with Crippen LogP contribution in [0.2, 0.25) is 0 Å². The number of nitrogen functional groups attached to an aromatic ring is 2. The molecule has 0 spiro atoms. The molecule has 1 heterocycles. The van der Waals surface area contributed by atoms with Crippen LogP contribution < -0.4 is 22.3 Å². The van der Waals surface area contributed by atoms with Gasteiger partial charge in [-0.05, 0) is 37.1 Å². The van der Waals surface area contributed by atoms with Gasteiger partial charge in [-0.25, -0.2) is 15.8 Å². The maximum Gasteiger partial charge on any atom is 0.168 e. The number of rotatable bonds is 3. The van der Waals surface area contributed by atoms with Crippen molar-refractivity contribution in [2.75, 3.05) is 16.5 Å². The highest BCUT2D eigenvalue weighted by atomic mass is 15.3. The number of aryl methyl sites for hydroxylation is 2. The van der Waals surface area contributed by atoms with Gasteiger partial charge in [0.1, 0.15) is 12.0 Å². The Morgan fingerprint density at radius 3 is 2.44 bits per heavy atom. The maximum absolute atomic E-state index is 5.88. The number of nitrogens with zero attached hydrogens (tertiary/aromatic N) is 2. The quantitative estimate of drug-likeness (QED) is 0.484. The van der Waals surface area contributed by atoms with Crippen LogP contribution >= 0.6 is 0 Å². The fraction of sp³-hybridized carbons (Fsp3) is 0.167. The van der Waals surface area contributed by atoms with Crippen LogP contribution in [0.3, 0.4) is 0 Å². The Labute approximate surface area is 105 Å². The molecule has 6 N–H and O–H groups in total. The van der Waals surface area contributed by atoms with Gasteiger partial charge in [0.2, 0.25) is 0 Å². The van der Waals surface area contributed by atoms with Crippen LogP contribution in [-0.2, 0) is 0 Å². The second-order valence-electron chi connectivity index (χ2n) is 4.05. The molecule has 0 aliphatic carbocycles. The Kier molecular flexibility index (Phi) is 3.29. The number of hydrazine groups is 1. The summed E-state index contributed by atoms with van der Waals surface area (Å²) < 4.78 is 0. The van der Waals surface area contributed by atoms with Gasteiger partial charge in [-0.1, -0.05) is 6.07 Å². The summed E-state index contributed by atoms with van der Waals surface area (Å²) in [6, 6.07) is 6.04. The predicted octanol–water partition coefficient (Wildman–Crippen LogP) is 1.70. The SMILES string of the molecule is Cc1ccc(Nc2ncnc(NN)c2N)cc1C. The molecule has 2 rings (SSSR count). The molecule has 94 valence electrons. The number of aromatic nitrogens is 2. The summed E-state index contributed by atoms with van der Waals surface area (Å²) in [5, 5.41) is 3.14. The lowest BCUT2D eigenvalue weighted by molar-refractivity contribution is 1.14. The van der Waals surface area contributed by atoms with Gasteiger partial charge in [0.05, 0.1) is 0 Å². The number of anilines is 4. The zero-order valence-electron chi connectivity index (χ0n) is 10.4. The Hall–Kier alpha value is -2.34. The molecule has 0 saturated carbocycles. The van der Waals surface area contributed by atoms with Crippen molar-refractivity contribution in [3.63, 3.8) is 0 Å². The zero-order chi connectivity index (χ0) is 13.1. The van der Waals surface area contributed by atoms with Crippen molar-refractivity contribution in [1.82, 2.24) is 9.97 Å². The topological polar surface area (TPSA) is 102 Å². The lowest BCUT2D eigenvalue weighted by Crippen LogP contribution is -2.12. The third-order valence-electron chi connectivity index (χ3n) is 2.79. The molecule has 0 bridgehead atoms. The summed E-state index contributed by atoms with van der Waals surface area (Å²) >= 11 is 0. The Morgan fingerprint density at radius 1 is 1.06 bits per heavy atom. The first-order valence-corrected chi connectivity index (χ1v) is 5.53. The van der Waals surface area contributed by atoms with Gasteiger partial charge < -0.3 is 16.5 Å². The first kappa shape index (κ1) is 12.1. The first-order chi connectivity index (χ1) is 8.61. The third kappa shape index (κ3) is 2.33. The summed E-state index contributed by atoms with van der Waals surface area (Å²) in [5.41, 5.74) is 12.1. The molecule has 2 aromatic rings. The van der Waals surface area contributed by atoms with E-state index in [-0.39, 0.29) is 0 Å². The number of benzene rings is 1. The lowest BCUT2D eigenvalue weighted by Gasteiger charge is -2.11. The number of nitrogens with two attached hydrogens (primary N) is 2. The fourth-order valence-corrected chi connectivity index (χ4v) is 1.57. The van der Waals surface area contributed by atoms with E-state index in [1.165, 1.54) is 17.5 Å². The minimum atomic E-state index is 0.387. The average Bonchev–Trinajstić information content (AvgIpc) is 2.36. The molecule has 0 unspecified atom stereocenters. The van der Waals surface area contributed by atoms with Crippen molar-refractivity contribution < 1.29 is 0 Å². The summed E-state index contributed by atoms with van der Waals surface area (Å²) in [7, 11) is 0. The molecule has 0 fully saturated rings. The van der Waals surface area contributed by atoms with Crippen LogP contribution in [0.15, 0.2) is 24.5 Å². The second kappa shape index (κ2) is 4.89. The van der Waals surface area contributed by atoms with Crippen molar-refractivity contribution in [2.24, 2.45) is 5.84 Å². The van der Waals surface area contributed by atoms with E-state index in [2.05, 4.69) is 34.6 Å². The van der Waals surface area contributed by atoms with Crippen LogP contribution in [0.5, 0.6) is 0 Å². The Bertz CT molecular complexity index is 566. The van der Waals surface area contributed by atoms with E-state index in [0.29, 0.717) is 17.3 Å². The molecule has 1 aromatic carbocycles. The van der Waals surface area contributed by atoms with Crippen molar-refractivity contribution in [3.05, 3.63) is 35.7 Å². The minimum absolute atomic E-state index is 0.387. The van der Waals surface area contributed by atoms with Crippen LogP contribution in [0, 0.1) is 13.8 Å². The van der Waals surface area contributed by atoms with Crippen molar-refractivity contribution in [3.8, 4) is 0 Å². The molecular formula is C12H16N6. The molecule has 0 aliphatic rings. The third-order valence-corrected chi connectivity index (χ3v) is 2.79. The largest absolute Gasteiger partial charge is 0.393 e. The minimum Gasteiger partial charge on any atom is -0.393 e. The summed E-state index contributed by atoms with van der Waals surface area (Å²) in [6.45, 7) is 4.12. The number of hydrogen-bond donors (Lipinski definition) is 4. The van der Waals surface area contributed by atoms with Gasteiger partial charge >= 0.3 is 0 Å². The van der Waals surface area contributed by atoms with E-state index in [9.17, 15) is 0 Å². The zero-order valence-corrected chi connectivity index (χ0v) is 10.4. The maximum atomic E-state index is 5.88. The van der Waals surface area contributed by atoms with E-state index in [1.54, 1.807) is 0 Å².